The smallest absolute Gasteiger partial charge is 0.333 e. The van der Waals surface area contributed by atoms with Crippen LogP contribution in [0.5, 0.6) is 0 Å². The van der Waals surface area contributed by atoms with E-state index in [1.807, 2.05) is 6.92 Å². The molecule has 1 aliphatic carbocycles. The number of aryl methyl sites for hydroxylation is 2. The van der Waals surface area contributed by atoms with Crippen molar-refractivity contribution in [3.05, 3.63) is 89.0 Å². The van der Waals surface area contributed by atoms with Crippen molar-refractivity contribution in [3.63, 3.8) is 0 Å². The number of hydrogen-bond donors (Lipinski definition) is 2. The highest BCUT2D eigenvalue weighted by Gasteiger charge is 2.22. The van der Waals surface area contributed by atoms with Crippen LogP contribution in [0.4, 0.5) is 0 Å². The minimum Gasteiger partial charge on any atom is -0.462 e. The number of allylic oxidation sites excluding steroid dienone is 2. The molecule has 228 valence electrons. The normalized spacial score (nSPS) is 15.0. The van der Waals surface area contributed by atoms with E-state index in [2.05, 4.69) is 75.0 Å². The van der Waals surface area contributed by atoms with Gasteiger partial charge in [0.15, 0.2) is 0 Å². The number of carbonyl (C=O) groups is 1. The van der Waals surface area contributed by atoms with E-state index in [9.17, 15) is 15.0 Å². The van der Waals surface area contributed by atoms with Gasteiger partial charge < -0.3 is 19.7 Å². The lowest BCUT2D eigenvalue weighted by Crippen LogP contribution is -2.22. The van der Waals surface area contributed by atoms with E-state index in [1.54, 1.807) is 0 Å². The molecule has 42 heavy (non-hydrogen) atoms. The van der Waals surface area contributed by atoms with E-state index < -0.39 is 0 Å². The van der Waals surface area contributed by atoms with Gasteiger partial charge in [-0.15, -0.1) is 0 Å². The Morgan fingerprint density at radius 2 is 1.71 bits per heavy atom. The van der Waals surface area contributed by atoms with Crippen LogP contribution in [0.3, 0.4) is 0 Å². The van der Waals surface area contributed by atoms with Crippen LogP contribution in [0.2, 0.25) is 0 Å². The lowest BCUT2D eigenvalue weighted by atomic mass is 9.87. The van der Waals surface area contributed by atoms with Crippen LogP contribution in [0.25, 0.3) is 16.7 Å². The SMILES string of the molecule is C=C(CC)C(=O)OCCC1=CC(c2ccc(-c3ccc(CCCCC)cc3)cc2CC)=CCC1OCCC(CO)CO. The van der Waals surface area contributed by atoms with Crippen molar-refractivity contribution in [1.29, 1.82) is 0 Å². The van der Waals surface area contributed by atoms with Crippen molar-refractivity contribution in [2.45, 2.75) is 84.7 Å². The van der Waals surface area contributed by atoms with Gasteiger partial charge in [-0.1, -0.05) is 94.8 Å². The Kier molecular flexibility index (Phi) is 14.2. The number of hydrogen-bond acceptors (Lipinski definition) is 5. The highest BCUT2D eigenvalue weighted by molar-refractivity contribution is 5.87. The molecule has 1 unspecified atom stereocenters. The number of esters is 1. The molecule has 0 bridgehead atoms. The van der Waals surface area contributed by atoms with Gasteiger partial charge in [-0.2, -0.15) is 0 Å². The van der Waals surface area contributed by atoms with Crippen LogP contribution in [-0.2, 0) is 27.1 Å². The molecule has 2 aromatic carbocycles. The zero-order chi connectivity index (χ0) is 30.3. The van der Waals surface area contributed by atoms with Gasteiger partial charge in [0.05, 0.1) is 12.7 Å². The van der Waals surface area contributed by atoms with Crippen molar-refractivity contribution in [2.24, 2.45) is 5.92 Å². The quantitative estimate of drug-likeness (QED) is 0.109. The molecule has 0 aliphatic heterocycles. The van der Waals surface area contributed by atoms with Crippen molar-refractivity contribution >= 4 is 11.5 Å². The largest absolute Gasteiger partial charge is 0.462 e. The molecule has 1 aliphatic rings. The van der Waals surface area contributed by atoms with Gasteiger partial charge in [0.2, 0.25) is 0 Å². The Morgan fingerprint density at radius 1 is 0.976 bits per heavy atom. The van der Waals surface area contributed by atoms with E-state index in [1.165, 1.54) is 47.1 Å². The third-order valence-corrected chi connectivity index (χ3v) is 8.16. The average molecular weight is 575 g/mol. The minimum atomic E-state index is -0.353. The summed E-state index contributed by atoms with van der Waals surface area (Å²) in [7, 11) is 0. The Hall–Kier alpha value is -2.99. The Balaban J connectivity index is 1.78. The average Bonchev–Trinajstić information content (AvgIpc) is 3.03. The predicted octanol–water partition coefficient (Wildman–Crippen LogP) is 7.64. The molecule has 5 heteroatoms. The van der Waals surface area contributed by atoms with Crippen molar-refractivity contribution in [1.82, 2.24) is 0 Å². The molecule has 3 rings (SSSR count). The molecule has 1 atom stereocenters. The van der Waals surface area contributed by atoms with Gasteiger partial charge in [-0.25, -0.2) is 4.79 Å². The number of carbonyl (C=O) groups excluding carboxylic acids is 1. The zero-order valence-electron chi connectivity index (χ0n) is 25.9. The first-order valence-electron chi connectivity index (χ1n) is 15.7. The van der Waals surface area contributed by atoms with Crippen LogP contribution < -0.4 is 0 Å². The molecule has 0 amide bonds. The zero-order valence-corrected chi connectivity index (χ0v) is 25.9. The minimum absolute atomic E-state index is 0.0621. The number of ether oxygens (including phenoxy) is 2. The first-order chi connectivity index (χ1) is 20.4. The summed E-state index contributed by atoms with van der Waals surface area (Å²) in [5.74, 6) is -0.537. The van der Waals surface area contributed by atoms with Crippen LogP contribution in [0, 0.1) is 5.92 Å². The lowest BCUT2D eigenvalue weighted by molar-refractivity contribution is -0.139. The molecule has 2 N–H and O–H groups in total. The molecule has 0 saturated carbocycles. The van der Waals surface area contributed by atoms with Gasteiger partial charge in [0.25, 0.3) is 0 Å². The molecule has 5 nitrogen and oxygen atoms in total. The van der Waals surface area contributed by atoms with E-state index in [0.717, 1.165) is 24.0 Å². The Bertz CT molecular complexity index is 1200. The predicted molar refractivity (Wildman–Crippen MR) is 172 cm³/mol. The molecular weight excluding hydrogens is 524 g/mol. The number of rotatable bonds is 18. The van der Waals surface area contributed by atoms with Gasteiger partial charge in [0.1, 0.15) is 0 Å². The first kappa shape index (κ1) is 33.5. The van der Waals surface area contributed by atoms with Crippen molar-refractivity contribution < 1.29 is 24.5 Å². The molecule has 0 saturated heterocycles. The van der Waals surface area contributed by atoms with Gasteiger partial charge in [0, 0.05) is 37.7 Å². The summed E-state index contributed by atoms with van der Waals surface area (Å²) in [6, 6.07) is 15.7. The van der Waals surface area contributed by atoms with E-state index in [-0.39, 0.29) is 37.8 Å². The molecule has 0 fully saturated rings. The molecule has 0 radical (unpaired) electrons. The van der Waals surface area contributed by atoms with Gasteiger partial charge in [-0.05, 0) is 77.5 Å². The lowest BCUT2D eigenvalue weighted by Gasteiger charge is -2.26. The second-order valence-electron chi connectivity index (χ2n) is 11.2. The van der Waals surface area contributed by atoms with Crippen LogP contribution in [0.1, 0.15) is 82.4 Å². The van der Waals surface area contributed by atoms with Crippen LogP contribution in [0.15, 0.2) is 72.3 Å². The third kappa shape index (κ3) is 9.79. The van der Waals surface area contributed by atoms with Crippen LogP contribution in [-0.4, -0.2) is 48.7 Å². The van der Waals surface area contributed by atoms with E-state index in [0.29, 0.717) is 37.9 Å². The maximum absolute atomic E-state index is 12.2. The van der Waals surface area contributed by atoms with Crippen LogP contribution >= 0.6 is 0 Å². The number of unbranched alkanes of at least 4 members (excludes halogenated alkanes) is 2. The first-order valence-corrected chi connectivity index (χ1v) is 15.7. The highest BCUT2D eigenvalue weighted by Crippen LogP contribution is 2.33. The maximum atomic E-state index is 12.2. The van der Waals surface area contributed by atoms with Crippen molar-refractivity contribution in [3.8, 4) is 11.1 Å². The fourth-order valence-electron chi connectivity index (χ4n) is 5.25. The fraction of sp³-hybridized carbons (Fsp3) is 0.486. The second kappa shape index (κ2) is 17.8. The van der Waals surface area contributed by atoms with Crippen molar-refractivity contribution in [2.75, 3.05) is 26.4 Å². The topological polar surface area (TPSA) is 76.0 Å². The van der Waals surface area contributed by atoms with Gasteiger partial charge in [-0.3, -0.25) is 0 Å². The summed E-state index contributed by atoms with van der Waals surface area (Å²) in [4.78, 5) is 12.2. The summed E-state index contributed by atoms with van der Waals surface area (Å²) in [5, 5.41) is 18.8. The highest BCUT2D eigenvalue weighted by atomic mass is 16.5. The van der Waals surface area contributed by atoms with E-state index in [4.69, 9.17) is 9.47 Å². The second-order valence-corrected chi connectivity index (χ2v) is 11.2. The Morgan fingerprint density at radius 3 is 2.38 bits per heavy atom. The number of aliphatic hydroxyl groups is 2. The van der Waals surface area contributed by atoms with Gasteiger partial charge >= 0.3 is 5.97 Å². The molecule has 2 aromatic rings. The van der Waals surface area contributed by atoms with E-state index >= 15 is 0 Å². The molecule has 0 heterocycles. The monoisotopic (exact) mass is 574 g/mol. The number of benzene rings is 2. The number of aliphatic hydroxyl groups excluding tert-OH is 2. The summed E-state index contributed by atoms with van der Waals surface area (Å²) in [6.45, 7) is 10.7. The standard InChI is InChI=1S/C37H50O5/c1-5-8-9-10-28-11-13-31(14-12-28)32-15-17-35(30(7-3)23-32)33-16-18-36(41-21-19-29(25-38)26-39)34(24-33)20-22-42-37(40)27(4)6-2/h11-17,23-24,29,36,38-39H,4-10,18-22,25-26H2,1-3H3. The Labute approximate surface area is 253 Å². The summed E-state index contributed by atoms with van der Waals surface area (Å²) < 4.78 is 11.7. The summed E-state index contributed by atoms with van der Waals surface area (Å²) in [6.07, 6.45) is 12.5. The fourth-order valence-corrected chi connectivity index (χ4v) is 5.25. The molecular formula is C37H50O5. The molecule has 0 spiro atoms. The summed E-state index contributed by atoms with van der Waals surface area (Å²) in [5.41, 5.74) is 9.07. The maximum Gasteiger partial charge on any atom is 0.333 e. The third-order valence-electron chi connectivity index (χ3n) is 8.16. The molecule has 0 aromatic heterocycles. The summed E-state index contributed by atoms with van der Waals surface area (Å²) >= 11 is 0.